The highest BCUT2D eigenvalue weighted by Gasteiger charge is 2.17. The van der Waals surface area contributed by atoms with Crippen LogP contribution >= 0.6 is 11.8 Å². The molecule has 2 aromatic carbocycles. The molecule has 7 heteroatoms. The minimum absolute atomic E-state index is 0.104. The Morgan fingerprint density at radius 3 is 2.50 bits per heavy atom. The average Bonchev–Trinajstić information content (AvgIpc) is 3.18. The van der Waals surface area contributed by atoms with E-state index in [1.165, 1.54) is 17.3 Å². The molecule has 3 aromatic rings. The van der Waals surface area contributed by atoms with Gasteiger partial charge in [0.05, 0.1) is 11.9 Å². The van der Waals surface area contributed by atoms with Crippen LogP contribution in [0.4, 0.5) is 5.69 Å². The van der Waals surface area contributed by atoms with E-state index in [-0.39, 0.29) is 11.2 Å². The monoisotopic (exact) mass is 396 g/mol. The Kier molecular flexibility index (Phi) is 6.71. The molecule has 0 saturated heterocycles. The van der Waals surface area contributed by atoms with Crippen molar-refractivity contribution in [3.63, 3.8) is 0 Å². The van der Waals surface area contributed by atoms with Gasteiger partial charge in [-0.25, -0.2) is 4.98 Å². The van der Waals surface area contributed by atoms with Crippen LogP contribution in [0.1, 0.15) is 26.3 Å². The van der Waals surface area contributed by atoms with Crippen molar-refractivity contribution in [2.24, 2.45) is 0 Å². The largest absolute Gasteiger partial charge is 0.494 e. The van der Waals surface area contributed by atoms with Gasteiger partial charge in [-0.15, -0.1) is 5.10 Å². The second-order valence-electron chi connectivity index (χ2n) is 6.22. The number of aromatic amines is 1. The first-order valence-electron chi connectivity index (χ1n) is 9.31. The summed E-state index contributed by atoms with van der Waals surface area (Å²) in [4.78, 5) is 16.9. The lowest BCUT2D eigenvalue weighted by Crippen LogP contribution is -2.22. The zero-order valence-corrected chi connectivity index (χ0v) is 17.0. The third kappa shape index (κ3) is 5.13. The summed E-state index contributed by atoms with van der Waals surface area (Å²) >= 11 is 1.32. The topological polar surface area (TPSA) is 79.9 Å². The molecule has 0 aliphatic heterocycles. The second-order valence-corrected chi connectivity index (χ2v) is 7.53. The van der Waals surface area contributed by atoms with E-state index in [0.29, 0.717) is 17.6 Å². The van der Waals surface area contributed by atoms with E-state index in [1.54, 1.807) is 0 Å². The standard InChI is InChI=1S/C21H24N4O2S/c1-4-15-6-8-16(9-7-15)19-23-21(25-24-19)28-14(3)20(26)22-17-10-12-18(13-11-17)27-5-2/h6-14H,4-5H2,1-3H3,(H,22,26)(H,23,24,25). The molecule has 2 N–H and O–H groups in total. The molecule has 0 aliphatic rings. The Morgan fingerprint density at radius 1 is 1.14 bits per heavy atom. The minimum atomic E-state index is -0.335. The Hall–Kier alpha value is -2.80. The zero-order valence-electron chi connectivity index (χ0n) is 16.2. The van der Waals surface area contributed by atoms with E-state index in [4.69, 9.17) is 4.74 Å². The number of H-pyrrole nitrogens is 1. The molecule has 1 atom stereocenters. The fourth-order valence-corrected chi connectivity index (χ4v) is 3.31. The number of aryl methyl sites for hydroxylation is 1. The lowest BCUT2D eigenvalue weighted by atomic mass is 10.1. The molecule has 1 unspecified atom stereocenters. The first-order chi connectivity index (χ1) is 13.6. The van der Waals surface area contributed by atoms with Gasteiger partial charge in [0.15, 0.2) is 5.82 Å². The Balaban J connectivity index is 1.58. The van der Waals surface area contributed by atoms with E-state index in [2.05, 4.69) is 39.6 Å². The number of carbonyl (C=O) groups is 1. The molecular weight excluding hydrogens is 372 g/mol. The van der Waals surface area contributed by atoms with Gasteiger partial charge in [0.25, 0.3) is 0 Å². The van der Waals surface area contributed by atoms with E-state index in [0.717, 1.165) is 23.4 Å². The number of carbonyl (C=O) groups excluding carboxylic acids is 1. The molecule has 6 nitrogen and oxygen atoms in total. The van der Waals surface area contributed by atoms with Gasteiger partial charge in [-0.1, -0.05) is 43.0 Å². The van der Waals surface area contributed by atoms with Crippen molar-refractivity contribution in [2.45, 2.75) is 37.6 Å². The fraction of sp³-hybridized carbons (Fsp3) is 0.286. The van der Waals surface area contributed by atoms with Gasteiger partial charge in [-0.2, -0.15) is 0 Å². The maximum absolute atomic E-state index is 12.4. The molecule has 0 fully saturated rings. The lowest BCUT2D eigenvalue weighted by Gasteiger charge is -2.10. The molecule has 0 bridgehead atoms. The smallest absolute Gasteiger partial charge is 0.237 e. The molecule has 28 heavy (non-hydrogen) atoms. The number of benzene rings is 2. The predicted octanol–water partition coefficient (Wildman–Crippen LogP) is 4.55. The summed E-state index contributed by atoms with van der Waals surface area (Å²) in [5, 5.41) is 10.3. The molecule has 0 radical (unpaired) electrons. The van der Waals surface area contributed by atoms with Crippen LogP contribution in [-0.4, -0.2) is 32.9 Å². The predicted molar refractivity (Wildman–Crippen MR) is 113 cm³/mol. The first kappa shape index (κ1) is 19.9. The summed E-state index contributed by atoms with van der Waals surface area (Å²) in [6.07, 6.45) is 0.999. The van der Waals surface area contributed by atoms with E-state index < -0.39 is 0 Å². The molecule has 1 amide bonds. The molecule has 0 saturated carbocycles. The highest BCUT2D eigenvalue weighted by molar-refractivity contribution is 8.00. The van der Waals surface area contributed by atoms with Crippen LogP contribution in [0.25, 0.3) is 11.4 Å². The molecule has 1 heterocycles. The Morgan fingerprint density at radius 2 is 1.86 bits per heavy atom. The zero-order chi connectivity index (χ0) is 19.9. The number of nitrogens with one attached hydrogen (secondary N) is 2. The number of thioether (sulfide) groups is 1. The first-order valence-corrected chi connectivity index (χ1v) is 10.2. The van der Waals surface area contributed by atoms with E-state index >= 15 is 0 Å². The molecule has 0 spiro atoms. The fourth-order valence-electron chi connectivity index (χ4n) is 2.58. The maximum Gasteiger partial charge on any atom is 0.237 e. The molecule has 3 rings (SSSR count). The van der Waals surface area contributed by atoms with E-state index in [1.807, 2.05) is 50.2 Å². The third-order valence-corrected chi connectivity index (χ3v) is 5.15. The van der Waals surface area contributed by atoms with Crippen molar-refractivity contribution in [3.8, 4) is 17.1 Å². The SMILES string of the molecule is CCOc1ccc(NC(=O)C(C)Sc2n[nH]c(-c3ccc(CC)cc3)n2)cc1. The van der Waals surface area contributed by atoms with Crippen LogP contribution in [0, 0.1) is 0 Å². The number of hydrogen-bond donors (Lipinski definition) is 2. The molecule has 146 valence electrons. The summed E-state index contributed by atoms with van der Waals surface area (Å²) < 4.78 is 5.41. The van der Waals surface area contributed by atoms with Crippen molar-refractivity contribution in [1.29, 1.82) is 0 Å². The summed E-state index contributed by atoms with van der Waals surface area (Å²) in [6.45, 7) is 6.50. The van der Waals surface area contributed by atoms with Gasteiger partial charge in [0.2, 0.25) is 11.1 Å². The van der Waals surface area contributed by atoms with Gasteiger partial charge in [0.1, 0.15) is 5.75 Å². The van der Waals surface area contributed by atoms with Crippen LogP contribution in [0.3, 0.4) is 0 Å². The highest BCUT2D eigenvalue weighted by Crippen LogP contribution is 2.24. The summed E-state index contributed by atoms with van der Waals surface area (Å²) in [6, 6.07) is 15.5. The average molecular weight is 397 g/mol. The van der Waals surface area contributed by atoms with Gasteiger partial charge < -0.3 is 10.1 Å². The maximum atomic E-state index is 12.4. The van der Waals surface area contributed by atoms with Crippen LogP contribution in [-0.2, 0) is 11.2 Å². The Bertz CT molecular complexity index is 907. The number of ether oxygens (including phenoxy) is 1. The van der Waals surface area contributed by atoms with Gasteiger partial charge in [0, 0.05) is 11.3 Å². The van der Waals surface area contributed by atoms with Crippen molar-refractivity contribution in [2.75, 3.05) is 11.9 Å². The van der Waals surface area contributed by atoms with Gasteiger partial charge in [-0.05, 0) is 50.1 Å². The minimum Gasteiger partial charge on any atom is -0.494 e. The van der Waals surface area contributed by atoms with Crippen LogP contribution in [0.15, 0.2) is 53.7 Å². The molecule has 1 aromatic heterocycles. The van der Waals surface area contributed by atoms with Gasteiger partial charge >= 0.3 is 0 Å². The second kappa shape index (κ2) is 9.41. The third-order valence-electron chi connectivity index (χ3n) is 4.18. The van der Waals surface area contributed by atoms with Crippen molar-refractivity contribution in [1.82, 2.24) is 15.2 Å². The number of hydrogen-bond acceptors (Lipinski definition) is 5. The van der Waals surface area contributed by atoms with Gasteiger partial charge in [-0.3, -0.25) is 9.89 Å². The summed E-state index contributed by atoms with van der Waals surface area (Å²) in [7, 11) is 0. The number of amides is 1. The normalized spacial score (nSPS) is 11.8. The van der Waals surface area contributed by atoms with Crippen molar-refractivity contribution >= 4 is 23.4 Å². The van der Waals surface area contributed by atoms with E-state index in [9.17, 15) is 4.79 Å². The lowest BCUT2D eigenvalue weighted by molar-refractivity contribution is -0.115. The van der Waals surface area contributed by atoms with Crippen LogP contribution < -0.4 is 10.1 Å². The summed E-state index contributed by atoms with van der Waals surface area (Å²) in [5.41, 5.74) is 2.98. The molecule has 0 aliphatic carbocycles. The Labute approximate surface area is 169 Å². The highest BCUT2D eigenvalue weighted by atomic mass is 32.2. The quantitative estimate of drug-likeness (QED) is 0.546. The molecular formula is C21H24N4O2S. The summed E-state index contributed by atoms with van der Waals surface area (Å²) in [5.74, 6) is 1.38. The number of anilines is 1. The van der Waals surface area contributed by atoms with Crippen molar-refractivity contribution < 1.29 is 9.53 Å². The van der Waals surface area contributed by atoms with Crippen molar-refractivity contribution in [3.05, 3.63) is 54.1 Å². The number of rotatable bonds is 8. The van der Waals surface area contributed by atoms with Crippen LogP contribution in [0.2, 0.25) is 0 Å². The number of aromatic nitrogens is 3. The number of nitrogens with zero attached hydrogens (tertiary/aromatic N) is 2. The van der Waals surface area contributed by atoms with Crippen LogP contribution in [0.5, 0.6) is 5.75 Å².